The number of anilines is 1. The topological polar surface area (TPSA) is 29.1 Å². The second-order valence-corrected chi connectivity index (χ2v) is 6.50. The molecule has 0 saturated carbocycles. The number of halogens is 1. The van der Waals surface area contributed by atoms with Crippen molar-refractivity contribution in [2.75, 3.05) is 5.32 Å². The van der Waals surface area contributed by atoms with Crippen LogP contribution in [0.2, 0.25) is 5.02 Å². The maximum absolute atomic E-state index is 12.6. The summed E-state index contributed by atoms with van der Waals surface area (Å²) in [6, 6.07) is 25.8. The lowest BCUT2D eigenvalue weighted by Crippen LogP contribution is -2.16. The fourth-order valence-corrected chi connectivity index (χ4v) is 3.05. The third kappa shape index (κ3) is 4.49. The van der Waals surface area contributed by atoms with Crippen LogP contribution >= 0.6 is 11.6 Å². The van der Waals surface area contributed by atoms with Crippen LogP contribution in [0.5, 0.6) is 0 Å². The van der Waals surface area contributed by atoms with Crippen molar-refractivity contribution in [3.05, 3.63) is 101 Å². The first kappa shape index (κ1) is 17.2. The molecule has 0 aromatic heterocycles. The number of aryl methyl sites for hydroxylation is 1. The molecule has 3 rings (SSSR count). The summed E-state index contributed by atoms with van der Waals surface area (Å²) < 4.78 is 0. The molecule has 3 aromatic rings. The van der Waals surface area contributed by atoms with Gasteiger partial charge in [-0.05, 0) is 35.7 Å². The first-order chi connectivity index (χ1) is 12.1. The highest BCUT2D eigenvalue weighted by molar-refractivity contribution is 6.31. The van der Waals surface area contributed by atoms with E-state index in [2.05, 4.69) is 29.6 Å². The first-order valence-corrected chi connectivity index (χ1v) is 8.67. The zero-order valence-electron chi connectivity index (χ0n) is 14.1. The van der Waals surface area contributed by atoms with Crippen LogP contribution in [0.3, 0.4) is 0 Å². The fraction of sp³-hybridized carbons (Fsp3) is 0.136. The van der Waals surface area contributed by atoms with Crippen LogP contribution in [0.15, 0.2) is 78.9 Å². The van der Waals surface area contributed by atoms with Crippen molar-refractivity contribution < 1.29 is 4.79 Å². The molecule has 0 aliphatic heterocycles. The second kappa shape index (κ2) is 8.00. The largest absolute Gasteiger partial charge is 0.326 e. The van der Waals surface area contributed by atoms with Gasteiger partial charge in [0.25, 0.3) is 0 Å². The van der Waals surface area contributed by atoms with Crippen molar-refractivity contribution in [3.63, 3.8) is 0 Å². The van der Waals surface area contributed by atoms with Crippen molar-refractivity contribution in [1.82, 2.24) is 0 Å². The van der Waals surface area contributed by atoms with E-state index in [9.17, 15) is 4.79 Å². The van der Waals surface area contributed by atoms with Crippen LogP contribution in [-0.2, 0) is 4.79 Å². The van der Waals surface area contributed by atoms with E-state index in [4.69, 9.17) is 11.6 Å². The number of benzene rings is 3. The number of hydrogen-bond acceptors (Lipinski definition) is 1. The fourth-order valence-electron chi connectivity index (χ4n) is 2.87. The molecule has 0 aliphatic rings. The van der Waals surface area contributed by atoms with E-state index in [1.54, 1.807) is 6.07 Å². The zero-order valence-corrected chi connectivity index (χ0v) is 14.8. The molecular weight excluding hydrogens is 330 g/mol. The number of amides is 1. The average Bonchev–Trinajstić information content (AvgIpc) is 2.64. The molecule has 0 radical (unpaired) electrons. The van der Waals surface area contributed by atoms with Gasteiger partial charge in [-0.1, -0.05) is 78.3 Å². The van der Waals surface area contributed by atoms with Crippen molar-refractivity contribution in [2.24, 2.45) is 0 Å². The van der Waals surface area contributed by atoms with Crippen molar-refractivity contribution in [3.8, 4) is 0 Å². The Hall–Kier alpha value is -2.58. The molecule has 0 spiro atoms. The number of hydrogen-bond donors (Lipinski definition) is 1. The molecule has 0 atom stereocenters. The lowest BCUT2D eigenvalue weighted by Gasteiger charge is -2.18. The summed E-state index contributed by atoms with van der Waals surface area (Å²) in [5.74, 6) is -0.0130. The van der Waals surface area contributed by atoms with Gasteiger partial charge in [-0.25, -0.2) is 0 Å². The normalized spacial score (nSPS) is 10.7. The van der Waals surface area contributed by atoms with Crippen LogP contribution in [0, 0.1) is 6.92 Å². The van der Waals surface area contributed by atoms with Gasteiger partial charge in [-0.15, -0.1) is 0 Å². The van der Waals surface area contributed by atoms with Crippen molar-refractivity contribution in [1.29, 1.82) is 0 Å². The Morgan fingerprint density at radius 3 is 2.00 bits per heavy atom. The Morgan fingerprint density at radius 1 is 0.920 bits per heavy atom. The predicted molar refractivity (Wildman–Crippen MR) is 104 cm³/mol. The molecule has 126 valence electrons. The van der Waals surface area contributed by atoms with Gasteiger partial charge in [-0.2, -0.15) is 0 Å². The molecule has 0 bridgehead atoms. The lowest BCUT2D eigenvalue weighted by atomic mass is 9.88. The molecule has 2 nitrogen and oxygen atoms in total. The molecule has 3 heteroatoms. The monoisotopic (exact) mass is 349 g/mol. The lowest BCUT2D eigenvalue weighted by molar-refractivity contribution is -0.116. The Balaban J connectivity index is 1.80. The molecular formula is C22H20ClNO. The molecule has 25 heavy (non-hydrogen) atoms. The maximum atomic E-state index is 12.6. The molecule has 0 saturated heterocycles. The summed E-state index contributed by atoms with van der Waals surface area (Å²) in [4.78, 5) is 12.6. The molecule has 3 aromatic carbocycles. The van der Waals surface area contributed by atoms with Gasteiger partial charge in [0.15, 0.2) is 0 Å². The second-order valence-electron chi connectivity index (χ2n) is 6.09. The van der Waals surface area contributed by atoms with Crippen molar-refractivity contribution >= 4 is 23.2 Å². The Morgan fingerprint density at radius 2 is 1.48 bits per heavy atom. The zero-order chi connectivity index (χ0) is 17.6. The summed E-state index contributed by atoms with van der Waals surface area (Å²) in [6.45, 7) is 1.94. The summed E-state index contributed by atoms with van der Waals surface area (Å²) >= 11 is 6.14. The minimum Gasteiger partial charge on any atom is -0.326 e. The number of rotatable bonds is 5. The van der Waals surface area contributed by atoms with Crippen LogP contribution < -0.4 is 5.32 Å². The highest BCUT2D eigenvalue weighted by atomic mass is 35.5. The van der Waals surface area contributed by atoms with E-state index in [0.717, 1.165) is 22.4 Å². The molecule has 0 heterocycles. The Kier molecular flexibility index (Phi) is 5.52. The highest BCUT2D eigenvalue weighted by Gasteiger charge is 2.18. The van der Waals surface area contributed by atoms with Gasteiger partial charge < -0.3 is 5.32 Å². The third-order valence-electron chi connectivity index (χ3n) is 4.25. The Bertz CT molecular complexity index is 807. The first-order valence-electron chi connectivity index (χ1n) is 8.29. The highest BCUT2D eigenvalue weighted by Crippen LogP contribution is 2.28. The van der Waals surface area contributed by atoms with E-state index in [0.29, 0.717) is 11.4 Å². The minimum absolute atomic E-state index is 0.0170. The summed E-state index contributed by atoms with van der Waals surface area (Å²) in [5.41, 5.74) is 3.98. The molecule has 1 N–H and O–H groups in total. The van der Waals surface area contributed by atoms with Gasteiger partial charge >= 0.3 is 0 Å². The predicted octanol–water partition coefficient (Wildman–Crippen LogP) is 5.81. The molecule has 0 fully saturated rings. The number of nitrogens with one attached hydrogen (secondary N) is 1. The van der Waals surface area contributed by atoms with Gasteiger partial charge in [0, 0.05) is 23.0 Å². The third-order valence-corrected chi connectivity index (χ3v) is 4.66. The van der Waals surface area contributed by atoms with Crippen LogP contribution in [-0.4, -0.2) is 5.91 Å². The number of carbonyl (C=O) groups is 1. The van der Waals surface area contributed by atoms with E-state index < -0.39 is 0 Å². The quantitative estimate of drug-likeness (QED) is 0.618. The van der Waals surface area contributed by atoms with E-state index in [-0.39, 0.29) is 11.8 Å². The smallest absolute Gasteiger partial charge is 0.225 e. The van der Waals surface area contributed by atoms with Gasteiger partial charge in [0.1, 0.15) is 0 Å². The molecule has 0 unspecified atom stereocenters. The minimum atomic E-state index is -0.0300. The standard InChI is InChI=1S/C22H20ClNO/c1-16-12-13-19(14-21(16)23)24-22(25)15-20(17-8-4-2-5-9-17)18-10-6-3-7-11-18/h2-14,20H,15H2,1H3,(H,24,25). The molecule has 1 amide bonds. The van der Waals surface area contributed by atoms with Crippen molar-refractivity contribution in [2.45, 2.75) is 19.3 Å². The van der Waals surface area contributed by atoms with Gasteiger partial charge in [0.2, 0.25) is 5.91 Å². The SMILES string of the molecule is Cc1ccc(NC(=O)CC(c2ccccc2)c2ccccc2)cc1Cl. The average molecular weight is 350 g/mol. The van der Waals surface area contributed by atoms with E-state index in [1.165, 1.54) is 0 Å². The number of carbonyl (C=O) groups excluding carboxylic acids is 1. The van der Waals surface area contributed by atoms with Gasteiger partial charge in [-0.3, -0.25) is 4.79 Å². The van der Waals surface area contributed by atoms with Crippen LogP contribution in [0.1, 0.15) is 29.0 Å². The Labute approximate surface area is 153 Å². The van der Waals surface area contributed by atoms with Gasteiger partial charge in [0.05, 0.1) is 0 Å². The maximum Gasteiger partial charge on any atom is 0.225 e. The summed E-state index contributed by atoms with van der Waals surface area (Å²) in [7, 11) is 0. The van der Waals surface area contributed by atoms with E-state index in [1.807, 2.05) is 55.5 Å². The molecule has 0 aliphatic carbocycles. The summed E-state index contributed by atoms with van der Waals surface area (Å²) in [6.07, 6.45) is 0.375. The van der Waals surface area contributed by atoms with Crippen LogP contribution in [0.25, 0.3) is 0 Å². The van der Waals surface area contributed by atoms with Crippen LogP contribution in [0.4, 0.5) is 5.69 Å². The van der Waals surface area contributed by atoms with E-state index >= 15 is 0 Å². The summed E-state index contributed by atoms with van der Waals surface area (Å²) in [5, 5.41) is 3.61.